The van der Waals surface area contributed by atoms with Gasteiger partial charge in [0.2, 0.25) is 0 Å². The average Bonchev–Trinajstić information content (AvgIpc) is 3.10. The van der Waals surface area contributed by atoms with E-state index < -0.39 is 0 Å². The van der Waals surface area contributed by atoms with E-state index in [-0.39, 0.29) is 0 Å². The van der Waals surface area contributed by atoms with Gasteiger partial charge in [0, 0.05) is 0 Å². The van der Waals surface area contributed by atoms with Crippen LogP contribution in [0.15, 0.2) is 0 Å². The molecule has 0 atom stereocenters. The van der Waals surface area contributed by atoms with Gasteiger partial charge < -0.3 is 5.32 Å². The summed E-state index contributed by atoms with van der Waals surface area (Å²) in [5.41, 5.74) is 0. The molecule has 0 amide bonds. The molecule has 0 aliphatic heterocycles. The van der Waals surface area contributed by atoms with E-state index in [9.17, 15) is 0 Å². The number of nitrogens with zero attached hydrogens (tertiary/aromatic N) is 4. The number of hydrogen-bond acceptors (Lipinski definition) is 4. The smallest absolute Gasteiger partial charge is 0.165 e. The third-order valence-corrected chi connectivity index (χ3v) is 3.39. The van der Waals surface area contributed by atoms with Crippen molar-refractivity contribution in [3.8, 4) is 0 Å². The Morgan fingerprint density at radius 1 is 1.33 bits per heavy atom. The van der Waals surface area contributed by atoms with E-state index in [1.807, 2.05) is 7.05 Å². The molecule has 1 aromatic heterocycles. The predicted molar refractivity (Wildman–Crippen MR) is 55.1 cm³/mol. The monoisotopic (exact) mass is 207 g/mol. The standard InChI is InChI=1S/C10H17N5/c1-11-6-9-12-13-14-15(9)10(7-2-3-7)8-4-5-8/h7-8,10-11H,2-6H2,1H3. The van der Waals surface area contributed by atoms with Crippen LogP contribution in [-0.4, -0.2) is 27.3 Å². The van der Waals surface area contributed by atoms with Gasteiger partial charge in [0.25, 0.3) is 0 Å². The van der Waals surface area contributed by atoms with Gasteiger partial charge in [0.05, 0.1) is 12.6 Å². The zero-order valence-electron chi connectivity index (χ0n) is 9.06. The summed E-state index contributed by atoms with van der Waals surface area (Å²) in [6.45, 7) is 0.767. The summed E-state index contributed by atoms with van der Waals surface area (Å²) in [6.07, 6.45) is 5.44. The molecule has 0 bridgehead atoms. The van der Waals surface area contributed by atoms with Gasteiger partial charge in [-0.15, -0.1) is 5.10 Å². The van der Waals surface area contributed by atoms with Gasteiger partial charge in [-0.25, -0.2) is 4.68 Å². The quantitative estimate of drug-likeness (QED) is 0.774. The molecule has 15 heavy (non-hydrogen) atoms. The first-order valence-corrected chi connectivity index (χ1v) is 5.81. The fourth-order valence-corrected chi connectivity index (χ4v) is 2.38. The topological polar surface area (TPSA) is 55.6 Å². The van der Waals surface area contributed by atoms with Crippen molar-refractivity contribution in [2.45, 2.75) is 38.3 Å². The number of nitrogens with one attached hydrogen (secondary N) is 1. The third kappa shape index (κ3) is 1.76. The second-order valence-corrected chi connectivity index (χ2v) is 4.74. The van der Waals surface area contributed by atoms with Gasteiger partial charge in [-0.3, -0.25) is 0 Å². The predicted octanol–water partition coefficient (Wildman–Crippen LogP) is 0.754. The van der Waals surface area contributed by atoms with Crippen LogP contribution in [0, 0.1) is 11.8 Å². The largest absolute Gasteiger partial charge is 0.313 e. The van der Waals surface area contributed by atoms with E-state index in [1.165, 1.54) is 25.7 Å². The van der Waals surface area contributed by atoms with Gasteiger partial charge >= 0.3 is 0 Å². The minimum absolute atomic E-state index is 0.586. The number of rotatable bonds is 5. The number of aromatic nitrogens is 4. The Balaban J connectivity index is 1.84. The van der Waals surface area contributed by atoms with Crippen molar-refractivity contribution in [3.05, 3.63) is 5.82 Å². The third-order valence-electron chi connectivity index (χ3n) is 3.39. The van der Waals surface area contributed by atoms with Crippen molar-refractivity contribution in [1.82, 2.24) is 25.5 Å². The lowest BCUT2D eigenvalue weighted by molar-refractivity contribution is 0.341. The fourth-order valence-electron chi connectivity index (χ4n) is 2.38. The number of hydrogen-bond donors (Lipinski definition) is 1. The van der Waals surface area contributed by atoms with Crippen molar-refractivity contribution in [2.24, 2.45) is 11.8 Å². The number of tetrazole rings is 1. The van der Waals surface area contributed by atoms with E-state index in [4.69, 9.17) is 0 Å². The average molecular weight is 207 g/mol. The summed E-state index contributed by atoms with van der Waals surface area (Å²) in [6, 6.07) is 0.586. The Hall–Kier alpha value is -0.970. The molecule has 0 unspecified atom stereocenters. The van der Waals surface area contributed by atoms with Crippen LogP contribution in [0.1, 0.15) is 37.5 Å². The Morgan fingerprint density at radius 2 is 2.00 bits per heavy atom. The van der Waals surface area contributed by atoms with Crippen molar-refractivity contribution in [1.29, 1.82) is 0 Å². The Labute approximate surface area is 89.2 Å². The van der Waals surface area contributed by atoms with Crippen LogP contribution in [0.4, 0.5) is 0 Å². The molecule has 2 aliphatic carbocycles. The zero-order chi connectivity index (χ0) is 10.3. The Morgan fingerprint density at radius 3 is 2.53 bits per heavy atom. The molecule has 82 valence electrons. The van der Waals surface area contributed by atoms with E-state index in [0.717, 1.165) is 24.2 Å². The molecule has 0 spiro atoms. The normalized spacial score (nSPS) is 21.2. The second kappa shape index (κ2) is 3.56. The molecular weight excluding hydrogens is 190 g/mol. The molecular formula is C10H17N5. The van der Waals surface area contributed by atoms with E-state index >= 15 is 0 Å². The molecule has 5 heteroatoms. The van der Waals surface area contributed by atoms with Crippen LogP contribution in [0.2, 0.25) is 0 Å². The highest BCUT2D eigenvalue weighted by atomic mass is 15.6. The molecule has 0 aromatic carbocycles. The lowest BCUT2D eigenvalue weighted by atomic mass is 10.1. The second-order valence-electron chi connectivity index (χ2n) is 4.74. The molecule has 1 heterocycles. The lowest BCUT2D eigenvalue weighted by Gasteiger charge is -2.16. The summed E-state index contributed by atoms with van der Waals surface area (Å²) < 4.78 is 2.08. The minimum Gasteiger partial charge on any atom is -0.313 e. The van der Waals surface area contributed by atoms with Gasteiger partial charge in [0.1, 0.15) is 0 Å². The maximum Gasteiger partial charge on any atom is 0.165 e. The molecule has 2 fully saturated rings. The van der Waals surface area contributed by atoms with Crippen molar-refractivity contribution in [2.75, 3.05) is 7.05 Å². The lowest BCUT2D eigenvalue weighted by Crippen LogP contribution is -2.20. The van der Waals surface area contributed by atoms with E-state index in [2.05, 4.69) is 25.5 Å². The van der Waals surface area contributed by atoms with Crippen LogP contribution in [0.25, 0.3) is 0 Å². The fraction of sp³-hybridized carbons (Fsp3) is 0.900. The summed E-state index contributed by atoms with van der Waals surface area (Å²) in [5, 5.41) is 15.2. The molecule has 1 aromatic rings. The summed E-state index contributed by atoms with van der Waals surface area (Å²) in [7, 11) is 1.93. The summed E-state index contributed by atoms with van der Waals surface area (Å²) >= 11 is 0. The van der Waals surface area contributed by atoms with Crippen LogP contribution in [-0.2, 0) is 6.54 Å². The zero-order valence-corrected chi connectivity index (χ0v) is 9.06. The van der Waals surface area contributed by atoms with Crippen LogP contribution in [0.5, 0.6) is 0 Å². The maximum atomic E-state index is 4.17. The highest BCUT2D eigenvalue weighted by Crippen LogP contribution is 2.51. The highest BCUT2D eigenvalue weighted by molar-refractivity contribution is 4.97. The molecule has 3 rings (SSSR count). The van der Waals surface area contributed by atoms with Crippen LogP contribution < -0.4 is 5.32 Å². The first-order valence-electron chi connectivity index (χ1n) is 5.81. The van der Waals surface area contributed by atoms with Crippen molar-refractivity contribution < 1.29 is 0 Å². The molecule has 0 saturated heterocycles. The van der Waals surface area contributed by atoms with Crippen molar-refractivity contribution >= 4 is 0 Å². The van der Waals surface area contributed by atoms with Gasteiger partial charge in [0.15, 0.2) is 5.82 Å². The van der Waals surface area contributed by atoms with Crippen LogP contribution >= 0.6 is 0 Å². The van der Waals surface area contributed by atoms with E-state index in [0.29, 0.717) is 6.04 Å². The summed E-state index contributed by atoms with van der Waals surface area (Å²) in [4.78, 5) is 0. The summed E-state index contributed by atoms with van der Waals surface area (Å²) in [5.74, 6) is 2.68. The van der Waals surface area contributed by atoms with Gasteiger partial charge in [-0.2, -0.15) is 0 Å². The first-order chi connectivity index (χ1) is 7.40. The van der Waals surface area contributed by atoms with Gasteiger partial charge in [-0.05, 0) is 55.0 Å². The maximum absolute atomic E-state index is 4.17. The molecule has 0 radical (unpaired) electrons. The Kier molecular flexibility index (Phi) is 2.20. The molecule has 1 N–H and O–H groups in total. The first kappa shape index (κ1) is 9.27. The molecule has 2 aliphatic rings. The van der Waals surface area contributed by atoms with Crippen LogP contribution in [0.3, 0.4) is 0 Å². The SMILES string of the molecule is CNCc1nnnn1C(C1CC1)C1CC1. The Bertz CT molecular complexity index is 327. The van der Waals surface area contributed by atoms with Crippen molar-refractivity contribution in [3.63, 3.8) is 0 Å². The molecule has 5 nitrogen and oxygen atoms in total. The minimum atomic E-state index is 0.586. The highest BCUT2D eigenvalue weighted by Gasteiger charge is 2.44. The molecule has 2 saturated carbocycles. The van der Waals surface area contributed by atoms with E-state index in [1.54, 1.807) is 0 Å². The van der Waals surface area contributed by atoms with Gasteiger partial charge in [-0.1, -0.05) is 0 Å².